The fraction of sp³-hybridized carbons (Fsp3) is 0.250. The van der Waals surface area contributed by atoms with E-state index < -0.39 is 10.1 Å². The van der Waals surface area contributed by atoms with Gasteiger partial charge in [-0.1, -0.05) is 23.2 Å². The Morgan fingerprint density at radius 2 is 2.12 bits per heavy atom. The van der Waals surface area contributed by atoms with Crippen LogP contribution in [0.4, 0.5) is 0 Å². The van der Waals surface area contributed by atoms with Crippen LogP contribution in [0.3, 0.4) is 0 Å². The van der Waals surface area contributed by atoms with Gasteiger partial charge in [0.05, 0.1) is 23.4 Å². The number of carbonyl (C=O) groups excluding carboxylic acids is 1. The molecule has 0 unspecified atom stereocenters. The van der Waals surface area contributed by atoms with Crippen LogP contribution < -0.4 is 0 Å². The molecule has 0 fully saturated rings. The Labute approximate surface area is 102 Å². The summed E-state index contributed by atoms with van der Waals surface area (Å²) in [6.07, 6.45) is 2.59. The highest BCUT2D eigenvalue weighted by molar-refractivity contribution is 7.85. The zero-order valence-electron chi connectivity index (χ0n) is 8.11. The molecule has 0 atom stereocenters. The molecule has 1 heterocycles. The van der Waals surface area contributed by atoms with E-state index in [1.165, 1.54) is 6.20 Å². The number of pyridine rings is 1. The van der Waals surface area contributed by atoms with Crippen molar-refractivity contribution < 1.29 is 17.4 Å². The van der Waals surface area contributed by atoms with Crippen molar-refractivity contribution >= 4 is 39.6 Å². The Bertz CT molecular complexity index is 515. The molecule has 0 aliphatic rings. The minimum atomic E-state index is -3.61. The summed E-state index contributed by atoms with van der Waals surface area (Å²) in [6, 6.07) is 0. The van der Waals surface area contributed by atoms with Crippen molar-refractivity contribution in [2.24, 2.45) is 0 Å². The maximum atomic E-state index is 10.8. The third-order valence-corrected chi connectivity index (χ3v) is 2.95. The van der Waals surface area contributed by atoms with Crippen LogP contribution in [0.25, 0.3) is 0 Å². The van der Waals surface area contributed by atoms with Crippen molar-refractivity contribution in [1.29, 1.82) is 0 Å². The third kappa shape index (κ3) is 3.41. The smallest absolute Gasteiger partial charge is 0.264 e. The highest BCUT2D eigenvalue weighted by Crippen LogP contribution is 2.26. The summed E-state index contributed by atoms with van der Waals surface area (Å²) in [5.74, 6) is 0. The minimum Gasteiger partial charge on any atom is -0.298 e. The second-order valence-corrected chi connectivity index (χ2v) is 5.26. The van der Waals surface area contributed by atoms with E-state index in [9.17, 15) is 13.2 Å². The summed E-state index contributed by atoms with van der Waals surface area (Å²) in [5.41, 5.74) is 0.288. The van der Waals surface area contributed by atoms with Gasteiger partial charge in [0.1, 0.15) is 5.15 Å². The number of halogens is 2. The van der Waals surface area contributed by atoms with Crippen molar-refractivity contribution in [1.82, 2.24) is 4.98 Å². The Kier molecular flexibility index (Phi) is 4.26. The fourth-order valence-electron chi connectivity index (χ4n) is 0.897. The van der Waals surface area contributed by atoms with E-state index in [0.717, 1.165) is 6.26 Å². The molecular weight excluding hydrogens is 277 g/mol. The predicted molar refractivity (Wildman–Crippen MR) is 59.3 cm³/mol. The van der Waals surface area contributed by atoms with Crippen molar-refractivity contribution in [3.8, 4) is 0 Å². The molecule has 5 nitrogen and oxygen atoms in total. The molecule has 0 N–H and O–H groups in total. The van der Waals surface area contributed by atoms with Gasteiger partial charge in [-0.15, -0.1) is 0 Å². The van der Waals surface area contributed by atoms with Gasteiger partial charge in [0.25, 0.3) is 10.1 Å². The molecule has 0 spiro atoms. The quantitative estimate of drug-likeness (QED) is 0.478. The summed E-state index contributed by atoms with van der Waals surface area (Å²) in [6.45, 7) is -0.356. The molecule has 0 amide bonds. The average molecular weight is 284 g/mol. The van der Waals surface area contributed by atoms with E-state index >= 15 is 0 Å². The Morgan fingerprint density at radius 3 is 2.62 bits per heavy atom. The van der Waals surface area contributed by atoms with E-state index in [1.54, 1.807) is 0 Å². The van der Waals surface area contributed by atoms with E-state index in [0.29, 0.717) is 6.29 Å². The number of hydrogen-bond acceptors (Lipinski definition) is 5. The Morgan fingerprint density at radius 1 is 1.50 bits per heavy atom. The Balaban J connectivity index is 3.08. The number of aromatic nitrogens is 1. The van der Waals surface area contributed by atoms with Crippen LogP contribution in [0.5, 0.6) is 0 Å². The highest BCUT2D eigenvalue weighted by atomic mass is 35.5. The van der Waals surface area contributed by atoms with Gasteiger partial charge in [-0.2, -0.15) is 8.42 Å². The molecular formula is C8H7Cl2NO4S. The van der Waals surface area contributed by atoms with Crippen LogP contribution in [0.1, 0.15) is 15.9 Å². The molecule has 0 aliphatic carbocycles. The zero-order valence-corrected chi connectivity index (χ0v) is 10.4. The maximum absolute atomic E-state index is 10.8. The van der Waals surface area contributed by atoms with Gasteiger partial charge in [0.15, 0.2) is 6.29 Å². The SMILES string of the molecule is CS(=O)(=O)OCc1c(Cl)ncc(C=O)c1Cl. The van der Waals surface area contributed by atoms with Crippen molar-refractivity contribution in [3.63, 3.8) is 0 Å². The van der Waals surface area contributed by atoms with Crippen LogP contribution in [0, 0.1) is 0 Å². The first kappa shape index (κ1) is 13.4. The van der Waals surface area contributed by atoms with Crippen LogP contribution in [-0.4, -0.2) is 25.9 Å². The summed E-state index contributed by atoms with van der Waals surface area (Å²) in [7, 11) is -3.61. The van der Waals surface area contributed by atoms with Gasteiger partial charge in [0.2, 0.25) is 0 Å². The lowest BCUT2D eigenvalue weighted by Crippen LogP contribution is -2.05. The first-order valence-corrected chi connectivity index (χ1v) is 6.55. The maximum Gasteiger partial charge on any atom is 0.264 e. The summed E-state index contributed by atoms with van der Waals surface area (Å²) >= 11 is 11.5. The second kappa shape index (κ2) is 5.09. The number of hydrogen-bond donors (Lipinski definition) is 0. The average Bonchev–Trinajstić information content (AvgIpc) is 2.16. The largest absolute Gasteiger partial charge is 0.298 e. The van der Waals surface area contributed by atoms with E-state index in [4.69, 9.17) is 23.2 Å². The zero-order chi connectivity index (χ0) is 12.3. The minimum absolute atomic E-state index is 0.000694. The van der Waals surface area contributed by atoms with Gasteiger partial charge in [-0.3, -0.25) is 8.98 Å². The monoisotopic (exact) mass is 283 g/mol. The standard InChI is InChI=1S/C8H7Cl2NO4S/c1-16(13,14)15-4-6-7(9)5(3-12)2-11-8(6)10/h2-3H,4H2,1H3. The van der Waals surface area contributed by atoms with E-state index in [1.807, 2.05) is 0 Å². The summed E-state index contributed by atoms with van der Waals surface area (Å²) in [4.78, 5) is 14.3. The number of carbonyl (C=O) groups is 1. The van der Waals surface area contributed by atoms with Gasteiger partial charge < -0.3 is 0 Å². The van der Waals surface area contributed by atoms with Gasteiger partial charge >= 0.3 is 0 Å². The third-order valence-electron chi connectivity index (χ3n) is 1.63. The van der Waals surface area contributed by atoms with Crippen LogP contribution in [-0.2, 0) is 20.9 Å². The molecule has 0 saturated heterocycles. The van der Waals surface area contributed by atoms with Crippen molar-refractivity contribution in [3.05, 3.63) is 27.5 Å². The van der Waals surface area contributed by atoms with Crippen molar-refractivity contribution in [2.75, 3.05) is 6.26 Å². The predicted octanol–water partition coefficient (Wildman–Crippen LogP) is 1.68. The molecule has 0 aromatic carbocycles. The number of rotatable bonds is 4. The summed E-state index contributed by atoms with van der Waals surface area (Å²) < 4.78 is 26.1. The van der Waals surface area contributed by atoms with E-state index in [2.05, 4.69) is 9.17 Å². The second-order valence-electron chi connectivity index (χ2n) is 2.88. The van der Waals surface area contributed by atoms with Crippen LogP contribution in [0.15, 0.2) is 6.20 Å². The lowest BCUT2D eigenvalue weighted by Gasteiger charge is -2.07. The summed E-state index contributed by atoms with van der Waals surface area (Å²) in [5, 5.41) is 0.0397. The molecule has 0 bridgehead atoms. The molecule has 16 heavy (non-hydrogen) atoms. The molecule has 1 aromatic rings. The molecule has 1 rings (SSSR count). The number of nitrogens with zero attached hydrogens (tertiary/aromatic N) is 1. The molecule has 8 heteroatoms. The molecule has 0 saturated carbocycles. The lowest BCUT2D eigenvalue weighted by molar-refractivity contribution is 0.112. The topological polar surface area (TPSA) is 73.3 Å². The van der Waals surface area contributed by atoms with Gasteiger partial charge in [-0.25, -0.2) is 4.98 Å². The van der Waals surface area contributed by atoms with Gasteiger partial charge in [0, 0.05) is 11.8 Å². The molecule has 1 aromatic heterocycles. The van der Waals surface area contributed by atoms with E-state index in [-0.39, 0.29) is 27.9 Å². The normalized spacial score (nSPS) is 11.4. The molecule has 88 valence electrons. The lowest BCUT2D eigenvalue weighted by atomic mass is 10.2. The molecule has 0 radical (unpaired) electrons. The number of aldehydes is 1. The van der Waals surface area contributed by atoms with Crippen molar-refractivity contribution in [2.45, 2.75) is 6.61 Å². The fourth-order valence-corrected chi connectivity index (χ4v) is 1.71. The first-order chi connectivity index (χ1) is 7.35. The Hall–Kier alpha value is -0.690. The van der Waals surface area contributed by atoms with Crippen LogP contribution >= 0.6 is 23.2 Å². The first-order valence-electron chi connectivity index (χ1n) is 3.97. The van der Waals surface area contributed by atoms with Crippen LogP contribution in [0.2, 0.25) is 10.2 Å². The molecule has 0 aliphatic heterocycles. The van der Waals surface area contributed by atoms with Gasteiger partial charge in [-0.05, 0) is 0 Å². The highest BCUT2D eigenvalue weighted by Gasteiger charge is 2.14.